The Balaban J connectivity index is 1.89. The van der Waals surface area contributed by atoms with Gasteiger partial charge >= 0.3 is 0 Å². The summed E-state index contributed by atoms with van der Waals surface area (Å²) in [4.78, 5) is 1.31. The number of para-hydroxylation sites is 2. The molecular formula is C14H14N4S. The number of hydrogen-bond donors (Lipinski definition) is 1. The smallest absolute Gasteiger partial charge is 0.0894 e. The molecule has 3 aromatic rings. The van der Waals surface area contributed by atoms with Crippen LogP contribution in [0.4, 0.5) is 5.69 Å². The van der Waals surface area contributed by atoms with E-state index in [0.717, 1.165) is 11.4 Å². The maximum atomic E-state index is 4.05. The van der Waals surface area contributed by atoms with E-state index < -0.39 is 0 Å². The van der Waals surface area contributed by atoms with Crippen molar-refractivity contribution in [2.24, 2.45) is 0 Å². The molecule has 19 heavy (non-hydrogen) atoms. The maximum Gasteiger partial charge on any atom is 0.0894 e. The lowest BCUT2D eigenvalue weighted by atomic mass is 10.2. The zero-order valence-electron chi connectivity index (χ0n) is 10.5. The average Bonchev–Trinajstić information content (AvgIpc) is 3.13. The van der Waals surface area contributed by atoms with E-state index in [1.807, 2.05) is 24.4 Å². The van der Waals surface area contributed by atoms with Gasteiger partial charge in [-0.1, -0.05) is 23.4 Å². The summed E-state index contributed by atoms with van der Waals surface area (Å²) >= 11 is 1.76. The van der Waals surface area contributed by atoms with Gasteiger partial charge in [0.25, 0.3) is 0 Å². The van der Waals surface area contributed by atoms with Crippen LogP contribution in [0, 0.1) is 0 Å². The molecule has 0 spiro atoms. The van der Waals surface area contributed by atoms with E-state index in [0.29, 0.717) is 0 Å². The summed E-state index contributed by atoms with van der Waals surface area (Å²) in [5, 5.41) is 13.5. The lowest BCUT2D eigenvalue weighted by molar-refractivity contribution is 0.799. The third-order valence-corrected chi connectivity index (χ3v) is 3.97. The third kappa shape index (κ3) is 2.51. The van der Waals surface area contributed by atoms with Crippen molar-refractivity contribution in [3.8, 4) is 5.69 Å². The number of hydrogen-bond acceptors (Lipinski definition) is 4. The molecule has 1 atom stereocenters. The Hall–Kier alpha value is -2.14. The summed E-state index contributed by atoms with van der Waals surface area (Å²) in [6.07, 6.45) is 3.52. The minimum Gasteiger partial charge on any atom is -0.376 e. The molecule has 0 radical (unpaired) electrons. The summed E-state index contributed by atoms with van der Waals surface area (Å²) < 4.78 is 1.77. The van der Waals surface area contributed by atoms with Gasteiger partial charge in [0.2, 0.25) is 0 Å². The van der Waals surface area contributed by atoms with Gasteiger partial charge in [-0.2, -0.15) is 0 Å². The van der Waals surface area contributed by atoms with Crippen LogP contribution in [0.25, 0.3) is 5.69 Å². The third-order valence-electron chi connectivity index (χ3n) is 2.92. The Morgan fingerprint density at radius 1 is 1.21 bits per heavy atom. The lowest BCUT2D eigenvalue weighted by Gasteiger charge is -2.16. The van der Waals surface area contributed by atoms with Crippen LogP contribution in [0.15, 0.2) is 54.2 Å². The first-order chi connectivity index (χ1) is 9.34. The van der Waals surface area contributed by atoms with E-state index >= 15 is 0 Å². The van der Waals surface area contributed by atoms with E-state index in [1.165, 1.54) is 4.88 Å². The summed E-state index contributed by atoms with van der Waals surface area (Å²) in [7, 11) is 0. The van der Waals surface area contributed by atoms with Crippen molar-refractivity contribution in [3.05, 3.63) is 59.0 Å². The second-order valence-electron chi connectivity index (χ2n) is 4.25. The fourth-order valence-corrected chi connectivity index (χ4v) is 2.71. The van der Waals surface area contributed by atoms with Crippen molar-refractivity contribution < 1.29 is 0 Å². The standard InChI is InChI=1S/C14H14N4S/c1-11(14-7-4-10-19-14)16-12-5-2-3-6-13(12)18-9-8-15-17-18/h2-11,16H,1H3. The van der Waals surface area contributed by atoms with Gasteiger partial charge in [0.1, 0.15) is 0 Å². The topological polar surface area (TPSA) is 42.7 Å². The molecule has 0 amide bonds. The highest BCUT2D eigenvalue weighted by molar-refractivity contribution is 7.10. The Morgan fingerprint density at radius 2 is 2.11 bits per heavy atom. The van der Waals surface area contributed by atoms with Crippen LogP contribution in [0.2, 0.25) is 0 Å². The number of thiophene rings is 1. The Labute approximate surface area is 115 Å². The number of rotatable bonds is 4. The van der Waals surface area contributed by atoms with E-state index in [2.05, 4.69) is 46.1 Å². The number of nitrogens with one attached hydrogen (secondary N) is 1. The van der Waals surface area contributed by atoms with Gasteiger partial charge in [-0.25, -0.2) is 4.68 Å². The number of aromatic nitrogens is 3. The van der Waals surface area contributed by atoms with Crippen LogP contribution in [0.3, 0.4) is 0 Å². The first kappa shape index (κ1) is 11.9. The average molecular weight is 270 g/mol. The molecule has 1 aromatic carbocycles. The van der Waals surface area contributed by atoms with E-state index in [1.54, 1.807) is 22.2 Å². The normalized spacial score (nSPS) is 12.3. The zero-order chi connectivity index (χ0) is 13.1. The molecule has 2 aromatic heterocycles. The monoisotopic (exact) mass is 270 g/mol. The molecule has 0 saturated heterocycles. The van der Waals surface area contributed by atoms with Gasteiger partial charge in [0, 0.05) is 4.88 Å². The Morgan fingerprint density at radius 3 is 2.84 bits per heavy atom. The number of benzene rings is 1. The van der Waals surface area contributed by atoms with Gasteiger partial charge < -0.3 is 5.32 Å². The molecule has 2 heterocycles. The van der Waals surface area contributed by atoms with E-state index in [-0.39, 0.29) is 6.04 Å². The second kappa shape index (κ2) is 5.24. The van der Waals surface area contributed by atoms with Crippen LogP contribution >= 0.6 is 11.3 Å². The van der Waals surface area contributed by atoms with Gasteiger partial charge in [0.05, 0.1) is 29.8 Å². The molecule has 0 saturated carbocycles. The van der Waals surface area contributed by atoms with Gasteiger partial charge in [-0.3, -0.25) is 0 Å². The van der Waals surface area contributed by atoms with Gasteiger partial charge in [-0.05, 0) is 30.5 Å². The van der Waals surface area contributed by atoms with Crippen molar-refractivity contribution in [2.45, 2.75) is 13.0 Å². The van der Waals surface area contributed by atoms with Crippen LogP contribution in [-0.4, -0.2) is 15.0 Å². The van der Waals surface area contributed by atoms with Crippen molar-refractivity contribution in [1.82, 2.24) is 15.0 Å². The summed E-state index contributed by atoms with van der Waals surface area (Å²) in [6.45, 7) is 2.16. The molecule has 0 aliphatic heterocycles. The van der Waals surface area contributed by atoms with Gasteiger partial charge in [0.15, 0.2) is 0 Å². The number of nitrogens with zero attached hydrogens (tertiary/aromatic N) is 3. The van der Waals surface area contributed by atoms with E-state index in [9.17, 15) is 0 Å². The van der Waals surface area contributed by atoms with Crippen molar-refractivity contribution in [1.29, 1.82) is 0 Å². The molecule has 1 N–H and O–H groups in total. The van der Waals surface area contributed by atoms with Crippen molar-refractivity contribution in [3.63, 3.8) is 0 Å². The highest BCUT2D eigenvalue weighted by Gasteiger charge is 2.10. The first-order valence-corrected chi connectivity index (χ1v) is 6.98. The lowest BCUT2D eigenvalue weighted by Crippen LogP contribution is -2.08. The SMILES string of the molecule is CC(Nc1ccccc1-n1ccnn1)c1cccs1. The summed E-state index contributed by atoms with van der Waals surface area (Å²) in [5.74, 6) is 0. The Kier molecular flexibility index (Phi) is 3.29. The van der Waals surface area contributed by atoms with E-state index in [4.69, 9.17) is 0 Å². The predicted molar refractivity (Wildman–Crippen MR) is 77.7 cm³/mol. The molecule has 96 valence electrons. The molecule has 0 fully saturated rings. The molecule has 1 unspecified atom stereocenters. The highest BCUT2D eigenvalue weighted by Crippen LogP contribution is 2.26. The molecule has 5 heteroatoms. The van der Waals surface area contributed by atoms with Crippen molar-refractivity contribution in [2.75, 3.05) is 5.32 Å². The molecule has 0 bridgehead atoms. The molecule has 4 nitrogen and oxygen atoms in total. The molecule has 0 aliphatic rings. The van der Waals surface area contributed by atoms with Crippen LogP contribution in [0.5, 0.6) is 0 Å². The first-order valence-electron chi connectivity index (χ1n) is 6.10. The predicted octanol–water partition coefficient (Wildman–Crippen LogP) is 3.50. The quantitative estimate of drug-likeness (QED) is 0.789. The Bertz CT molecular complexity index is 631. The molecule has 3 rings (SSSR count). The largest absolute Gasteiger partial charge is 0.376 e. The maximum absolute atomic E-state index is 4.05. The van der Waals surface area contributed by atoms with Crippen molar-refractivity contribution >= 4 is 17.0 Å². The second-order valence-corrected chi connectivity index (χ2v) is 5.23. The highest BCUT2D eigenvalue weighted by atomic mass is 32.1. The van der Waals surface area contributed by atoms with Crippen LogP contribution < -0.4 is 5.32 Å². The van der Waals surface area contributed by atoms with Crippen LogP contribution in [-0.2, 0) is 0 Å². The minimum absolute atomic E-state index is 0.268. The minimum atomic E-state index is 0.268. The zero-order valence-corrected chi connectivity index (χ0v) is 11.3. The summed E-state index contributed by atoms with van der Waals surface area (Å²) in [5.41, 5.74) is 2.05. The fourth-order valence-electron chi connectivity index (χ4n) is 1.97. The fraction of sp³-hybridized carbons (Fsp3) is 0.143. The summed E-state index contributed by atoms with van der Waals surface area (Å²) in [6, 6.07) is 12.6. The van der Waals surface area contributed by atoms with Gasteiger partial charge in [-0.15, -0.1) is 16.4 Å². The molecule has 0 aliphatic carbocycles. The number of anilines is 1. The van der Waals surface area contributed by atoms with Crippen LogP contribution in [0.1, 0.15) is 17.8 Å². The molecular weight excluding hydrogens is 256 g/mol.